The number of rotatable bonds is 3. The van der Waals surface area contributed by atoms with E-state index in [1.165, 1.54) is 0 Å². The van der Waals surface area contributed by atoms with Gasteiger partial charge in [0.25, 0.3) is 0 Å². The summed E-state index contributed by atoms with van der Waals surface area (Å²) in [6, 6.07) is 5.74. The lowest BCUT2D eigenvalue weighted by molar-refractivity contribution is 0.799. The van der Waals surface area contributed by atoms with Gasteiger partial charge in [0, 0.05) is 12.1 Å². The summed E-state index contributed by atoms with van der Waals surface area (Å²) in [6.07, 6.45) is 1.67. The van der Waals surface area contributed by atoms with Crippen LogP contribution in [0.5, 0.6) is 0 Å². The molecule has 0 amide bonds. The van der Waals surface area contributed by atoms with Crippen LogP contribution in [0.2, 0.25) is 0 Å². The zero-order valence-electron chi connectivity index (χ0n) is 9.87. The Morgan fingerprint density at radius 3 is 2.94 bits per heavy atom. The van der Waals surface area contributed by atoms with E-state index in [1.807, 2.05) is 25.2 Å². The third kappa shape index (κ3) is 1.72. The van der Waals surface area contributed by atoms with Gasteiger partial charge in [-0.2, -0.15) is 0 Å². The van der Waals surface area contributed by atoms with Crippen molar-refractivity contribution in [2.45, 2.75) is 6.54 Å². The van der Waals surface area contributed by atoms with E-state index in [4.69, 9.17) is 0 Å². The Bertz CT molecular complexity index is 736. The fourth-order valence-corrected chi connectivity index (χ4v) is 2.06. The number of aromatic amines is 3. The molecule has 92 valence electrons. The molecule has 0 bridgehead atoms. The Hall–Kier alpha value is -2.34. The molecule has 3 rings (SSSR count). The fraction of sp³-hybridized carbons (Fsp3) is 0.167. The van der Waals surface area contributed by atoms with Crippen LogP contribution in [0.25, 0.3) is 22.3 Å². The molecular formula is C12H13N5O. The molecule has 0 saturated heterocycles. The molecule has 6 heteroatoms. The zero-order chi connectivity index (χ0) is 12.5. The molecule has 0 radical (unpaired) electrons. The molecule has 0 atom stereocenters. The topological polar surface area (TPSA) is 89.4 Å². The Morgan fingerprint density at radius 2 is 2.11 bits per heavy atom. The molecule has 6 nitrogen and oxygen atoms in total. The summed E-state index contributed by atoms with van der Waals surface area (Å²) < 4.78 is 0. The van der Waals surface area contributed by atoms with E-state index in [2.05, 4.69) is 25.3 Å². The summed E-state index contributed by atoms with van der Waals surface area (Å²) in [4.78, 5) is 24.1. The van der Waals surface area contributed by atoms with Crippen LogP contribution >= 0.6 is 0 Å². The van der Waals surface area contributed by atoms with Crippen LogP contribution in [0.15, 0.2) is 29.3 Å². The first-order chi connectivity index (χ1) is 8.78. The lowest BCUT2D eigenvalue weighted by Crippen LogP contribution is -2.06. The highest BCUT2D eigenvalue weighted by Crippen LogP contribution is 2.22. The maximum atomic E-state index is 11.2. The monoisotopic (exact) mass is 243 g/mol. The van der Waals surface area contributed by atoms with Crippen LogP contribution < -0.4 is 11.0 Å². The highest BCUT2D eigenvalue weighted by atomic mass is 16.1. The number of benzene rings is 1. The van der Waals surface area contributed by atoms with Gasteiger partial charge in [0.1, 0.15) is 0 Å². The minimum absolute atomic E-state index is 0.195. The van der Waals surface area contributed by atoms with Gasteiger partial charge >= 0.3 is 5.69 Å². The van der Waals surface area contributed by atoms with Gasteiger partial charge < -0.3 is 20.3 Å². The lowest BCUT2D eigenvalue weighted by atomic mass is 10.1. The van der Waals surface area contributed by atoms with Crippen molar-refractivity contribution < 1.29 is 0 Å². The predicted molar refractivity (Wildman–Crippen MR) is 69.3 cm³/mol. The lowest BCUT2D eigenvalue weighted by Gasteiger charge is -2.02. The van der Waals surface area contributed by atoms with Crippen LogP contribution in [0.1, 0.15) is 5.69 Å². The smallest absolute Gasteiger partial charge is 0.323 e. The Labute approximate surface area is 102 Å². The summed E-state index contributed by atoms with van der Waals surface area (Å²) in [7, 11) is 1.89. The second-order valence-corrected chi connectivity index (χ2v) is 4.10. The summed E-state index contributed by atoms with van der Waals surface area (Å²) in [5.41, 5.74) is 4.29. The number of hydrogen-bond donors (Lipinski definition) is 4. The average Bonchev–Trinajstić information content (AvgIpc) is 2.93. The van der Waals surface area contributed by atoms with Gasteiger partial charge in [-0.15, -0.1) is 0 Å². The van der Waals surface area contributed by atoms with E-state index in [-0.39, 0.29) is 5.69 Å². The third-order valence-corrected chi connectivity index (χ3v) is 2.86. The van der Waals surface area contributed by atoms with Gasteiger partial charge in [-0.3, -0.25) is 0 Å². The van der Waals surface area contributed by atoms with Crippen molar-refractivity contribution in [2.24, 2.45) is 0 Å². The first-order valence-electron chi connectivity index (χ1n) is 5.67. The quantitative estimate of drug-likeness (QED) is 0.552. The molecule has 0 aliphatic rings. The number of nitrogens with one attached hydrogen (secondary N) is 4. The minimum Gasteiger partial charge on any atom is -0.347 e. The van der Waals surface area contributed by atoms with Crippen molar-refractivity contribution in [3.8, 4) is 11.3 Å². The van der Waals surface area contributed by atoms with E-state index in [9.17, 15) is 4.79 Å². The molecule has 0 aliphatic carbocycles. The normalized spacial score (nSPS) is 11.2. The van der Waals surface area contributed by atoms with E-state index < -0.39 is 0 Å². The van der Waals surface area contributed by atoms with Crippen molar-refractivity contribution in [3.05, 3.63) is 40.7 Å². The van der Waals surface area contributed by atoms with Gasteiger partial charge in [0.15, 0.2) is 0 Å². The third-order valence-electron chi connectivity index (χ3n) is 2.86. The number of H-pyrrole nitrogens is 3. The molecule has 0 fully saturated rings. The molecule has 0 spiro atoms. The summed E-state index contributed by atoms with van der Waals surface area (Å²) in [5, 5.41) is 3.09. The molecule has 4 N–H and O–H groups in total. The molecule has 2 aromatic heterocycles. The van der Waals surface area contributed by atoms with Gasteiger partial charge in [-0.1, -0.05) is 6.07 Å². The second kappa shape index (κ2) is 4.15. The molecule has 0 unspecified atom stereocenters. The number of nitrogens with zero attached hydrogens (tertiary/aromatic N) is 1. The van der Waals surface area contributed by atoms with Crippen LogP contribution in [-0.4, -0.2) is 27.0 Å². The van der Waals surface area contributed by atoms with E-state index in [0.717, 1.165) is 34.5 Å². The number of fused-ring (bicyclic) bond motifs is 1. The van der Waals surface area contributed by atoms with Crippen LogP contribution in [0, 0.1) is 0 Å². The number of imidazole rings is 2. The first kappa shape index (κ1) is 10.8. The van der Waals surface area contributed by atoms with Crippen molar-refractivity contribution in [3.63, 3.8) is 0 Å². The number of hydrogen-bond acceptors (Lipinski definition) is 3. The molecule has 18 heavy (non-hydrogen) atoms. The highest BCUT2D eigenvalue weighted by molar-refractivity contribution is 5.81. The van der Waals surface area contributed by atoms with E-state index in [0.29, 0.717) is 0 Å². The largest absolute Gasteiger partial charge is 0.347 e. The van der Waals surface area contributed by atoms with Crippen LogP contribution in [0.3, 0.4) is 0 Å². The van der Waals surface area contributed by atoms with Crippen molar-refractivity contribution >= 4 is 11.0 Å². The van der Waals surface area contributed by atoms with Crippen LogP contribution in [0.4, 0.5) is 0 Å². The van der Waals surface area contributed by atoms with Gasteiger partial charge in [0.2, 0.25) is 0 Å². The maximum Gasteiger partial charge on any atom is 0.323 e. The predicted octanol–water partition coefficient (Wildman–Crippen LogP) is 0.966. The molecule has 0 saturated carbocycles. The Morgan fingerprint density at radius 1 is 1.28 bits per heavy atom. The van der Waals surface area contributed by atoms with Gasteiger partial charge in [-0.25, -0.2) is 9.78 Å². The molecule has 0 aliphatic heterocycles. The fourth-order valence-electron chi connectivity index (χ4n) is 2.06. The van der Waals surface area contributed by atoms with E-state index >= 15 is 0 Å². The maximum absolute atomic E-state index is 11.2. The molecule has 3 aromatic rings. The van der Waals surface area contributed by atoms with Crippen LogP contribution in [-0.2, 0) is 6.54 Å². The van der Waals surface area contributed by atoms with Crippen molar-refractivity contribution in [1.29, 1.82) is 0 Å². The first-order valence-corrected chi connectivity index (χ1v) is 5.67. The average molecular weight is 243 g/mol. The standard InChI is InChI=1S/C12H13N5O/c1-13-5-10-11(15-6-14-10)7-2-3-8-9(4-7)17-12(18)16-8/h2-4,6,13H,5H2,1H3,(H,14,15)(H2,16,17,18). The van der Waals surface area contributed by atoms with E-state index in [1.54, 1.807) is 6.33 Å². The number of aromatic nitrogens is 4. The van der Waals surface area contributed by atoms with Crippen molar-refractivity contribution in [1.82, 2.24) is 25.3 Å². The second-order valence-electron chi connectivity index (χ2n) is 4.10. The SMILES string of the molecule is CNCc1[nH]cnc1-c1ccc2[nH]c(=O)[nH]c2c1. The van der Waals surface area contributed by atoms with Gasteiger partial charge in [-0.05, 0) is 19.2 Å². The molecule has 1 aromatic carbocycles. The summed E-state index contributed by atoms with van der Waals surface area (Å²) >= 11 is 0. The van der Waals surface area contributed by atoms with Gasteiger partial charge in [0.05, 0.1) is 28.7 Å². The summed E-state index contributed by atoms with van der Waals surface area (Å²) in [6.45, 7) is 0.719. The summed E-state index contributed by atoms with van der Waals surface area (Å²) in [5.74, 6) is 0. The Balaban J connectivity index is 2.12. The Kier molecular flexibility index (Phi) is 2.49. The molecule has 2 heterocycles. The van der Waals surface area contributed by atoms with Crippen molar-refractivity contribution in [2.75, 3.05) is 7.05 Å². The zero-order valence-corrected chi connectivity index (χ0v) is 9.87. The molecular weight excluding hydrogens is 230 g/mol. The minimum atomic E-state index is -0.195. The highest BCUT2D eigenvalue weighted by Gasteiger charge is 2.09.